The van der Waals surface area contributed by atoms with Crippen LogP contribution < -0.4 is 10.9 Å². The van der Waals surface area contributed by atoms with Crippen LogP contribution in [-0.4, -0.2) is 25.9 Å². The molecule has 0 radical (unpaired) electrons. The van der Waals surface area contributed by atoms with Crippen molar-refractivity contribution in [1.82, 2.24) is 25.3 Å². The van der Waals surface area contributed by atoms with Crippen LogP contribution in [-0.2, 0) is 0 Å². The Kier molecular flexibility index (Phi) is 4.12. The van der Waals surface area contributed by atoms with Crippen molar-refractivity contribution in [3.8, 4) is 5.69 Å². The highest BCUT2D eigenvalue weighted by Gasteiger charge is 2.18. The Hall–Kier alpha value is -3.61. The summed E-state index contributed by atoms with van der Waals surface area (Å²) in [6, 6.07) is 15.2. The molecule has 7 heteroatoms. The Bertz CT molecular complexity index is 1180. The molecule has 0 aliphatic rings. The summed E-state index contributed by atoms with van der Waals surface area (Å²) in [6.45, 7) is 3.87. The van der Waals surface area contributed by atoms with Gasteiger partial charge in [0.05, 0.1) is 17.9 Å². The predicted molar refractivity (Wildman–Crippen MR) is 103 cm³/mol. The van der Waals surface area contributed by atoms with Crippen molar-refractivity contribution >= 4 is 16.7 Å². The van der Waals surface area contributed by atoms with E-state index < -0.39 is 0 Å². The lowest BCUT2D eigenvalue weighted by molar-refractivity contribution is 0.0934. The van der Waals surface area contributed by atoms with Gasteiger partial charge in [-0.05, 0) is 25.3 Å². The summed E-state index contributed by atoms with van der Waals surface area (Å²) < 4.78 is 1.89. The minimum atomic E-state index is -0.349. The summed E-state index contributed by atoms with van der Waals surface area (Å²) in [5, 5.41) is 14.6. The van der Waals surface area contributed by atoms with E-state index in [4.69, 9.17) is 0 Å². The van der Waals surface area contributed by atoms with Gasteiger partial charge < -0.3 is 5.32 Å². The number of H-pyrrole nitrogens is 2. The number of rotatable bonds is 4. The van der Waals surface area contributed by atoms with Gasteiger partial charge in [0.1, 0.15) is 5.69 Å². The maximum atomic E-state index is 12.3. The minimum Gasteiger partial charge on any atom is -0.344 e. The van der Waals surface area contributed by atoms with Crippen LogP contribution in [0.15, 0.2) is 59.5 Å². The summed E-state index contributed by atoms with van der Waals surface area (Å²) >= 11 is 0. The average molecular weight is 361 g/mol. The van der Waals surface area contributed by atoms with Gasteiger partial charge in [-0.15, -0.1) is 0 Å². The fourth-order valence-corrected chi connectivity index (χ4v) is 3.29. The first-order valence-corrected chi connectivity index (χ1v) is 8.66. The average Bonchev–Trinajstić information content (AvgIpc) is 3.27. The summed E-state index contributed by atoms with van der Waals surface area (Å²) in [5.41, 5.74) is 2.71. The number of carbonyl (C=O) groups is 1. The van der Waals surface area contributed by atoms with Crippen LogP contribution in [0.25, 0.3) is 16.5 Å². The first kappa shape index (κ1) is 16.8. The number of hydrogen-bond donors (Lipinski definition) is 3. The van der Waals surface area contributed by atoms with Crippen molar-refractivity contribution in [2.75, 3.05) is 0 Å². The Morgan fingerprint density at radius 2 is 1.93 bits per heavy atom. The molecule has 0 spiro atoms. The van der Waals surface area contributed by atoms with Gasteiger partial charge in [0.15, 0.2) is 0 Å². The molecule has 0 saturated carbocycles. The minimum absolute atomic E-state index is 0.200. The van der Waals surface area contributed by atoms with Crippen molar-refractivity contribution in [1.29, 1.82) is 0 Å². The van der Waals surface area contributed by atoms with Crippen LogP contribution in [0.2, 0.25) is 0 Å². The number of nitrogens with zero attached hydrogens (tertiary/aromatic N) is 2. The fourth-order valence-electron chi connectivity index (χ4n) is 3.29. The quantitative estimate of drug-likeness (QED) is 0.521. The van der Waals surface area contributed by atoms with E-state index in [0.717, 1.165) is 27.7 Å². The van der Waals surface area contributed by atoms with Crippen LogP contribution in [0.4, 0.5) is 0 Å². The normalized spacial score (nSPS) is 12.2. The zero-order valence-electron chi connectivity index (χ0n) is 15.0. The van der Waals surface area contributed by atoms with Gasteiger partial charge >= 0.3 is 0 Å². The molecule has 0 aliphatic carbocycles. The van der Waals surface area contributed by atoms with Crippen LogP contribution in [0, 0.1) is 6.92 Å². The molecule has 2 aromatic carbocycles. The molecule has 0 fully saturated rings. The zero-order chi connectivity index (χ0) is 19.0. The van der Waals surface area contributed by atoms with Gasteiger partial charge in [-0.25, -0.2) is 4.68 Å². The number of aromatic nitrogens is 4. The number of carbonyl (C=O) groups excluding carboxylic acids is 1. The highest BCUT2D eigenvalue weighted by molar-refractivity contribution is 5.92. The molecule has 1 atom stereocenters. The molecular formula is C20H19N5O2. The van der Waals surface area contributed by atoms with Crippen molar-refractivity contribution in [3.63, 3.8) is 0 Å². The summed E-state index contributed by atoms with van der Waals surface area (Å²) in [4.78, 5) is 23.5. The Morgan fingerprint density at radius 3 is 2.70 bits per heavy atom. The van der Waals surface area contributed by atoms with Crippen molar-refractivity contribution in [2.24, 2.45) is 0 Å². The smallest absolute Gasteiger partial charge is 0.269 e. The van der Waals surface area contributed by atoms with Crippen molar-refractivity contribution in [3.05, 3.63) is 82.0 Å². The maximum Gasteiger partial charge on any atom is 0.269 e. The third-order valence-corrected chi connectivity index (χ3v) is 4.70. The molecule has 0 bridgehead atoms. The van der Waals surface area contributed by atoms with Crippen LogP contribution in [0.5, 0.6) is 0 Å². The number of aromatic amines is 2. The second kappa shape index (κ2) is 6.60. The number of benzene rings is 2. The molecule has 4 aromatic rings. The molecule has 3 N–H and O–H groups in total. The van der Waals surface area contributed by atoms with Gasteiger partial charge in [-0.1, -0.05) is 36.4 Å². The summed E-state index contributed by atoms with van der Waals surface area (Å²) in [7, 11) is 0. The van der Waals surface area contributed by atoms with E-state index in [-0.39, 0.29) is 23.2 Å². The van der Waals surface area contributed by atoms with E-state index in [2.05, 4.69) is 38.8 Å². The van der Waals surface area contributed by atoms with Crippen LogP contribution >= 0.6 is 0 Å². The Labute approximate surface area is 155 Å². The molecule has 2 aromatic heterocycles. The molecule has 4 rings (SSSR count). The van der Waals surface area contributed by atoms with E-state index >= 15 is 0 Å². The van der Waals surface area contributed by atoms with Gasteiger partial charge in [-0.3, -0.25) is 19.8 Å². The predicted octanol–water partition coefficient (Wildman–Crippen LogP) is 2.84. The van der Waals surface area contributed by atoms with Crippen molar-refractivity contribution < 1.29 is 4.79 Å². The topological polar surface area (TPSA) is 95.6 Å². The van der Waals surface area contributed by atoms with Crippen molar-refractivity contribution in [2.45, 2.75) is 19.9 Å². The third-order valence-electron chi connectivity index (χ3n) is 4.70. The van der Waals surface area contributed by atoms with Gasteiger partial charge in [0, 0.05) is 22.7 Å². The van der Waals surface area contributed by atoms with E-state index in [9.17, 15) is 9.59 Å². The monoisotopic (exact) mass is 361 g/mol. The van der Waals surface area contributed by atoms with E-state index in [1.54, 1.807) is 6.20 Å². The second-order valence-electron chi connectivity index (χ2n) is 6.46. The summed E-state index contributed by atoms with van der Waals surface area (Å²) in [5.74, 6) is -0.349. The lowest BCUT2D eigenvalue weighted by atomic mass is 10.1. The molecule has 1 amide bonds. The number of nitrogens with one attached hydrogen (secondary N) is 3. The first-order chi connectivity index (χ1) is 13.0. The maximum absolute atomic E-state index is 12.3. The largest absolute Gasteiger partial charge is 0.344 e. The molecular weight excluding hydrogens is 342 g/mol. The lowest BCUT2D eigenvalue weighted by Gasteiger charge is -2.14. The molecule has 7 nitrogen and oxygen atoms in total. The SMILES string of the molecule is Cc1c(C(C)NC(=O)c2cc(=O)[nH][nH]2)cnn1-c1cccc2ccccc12. The molecule has 27 heavy (non-hydrogen) atoms. The van der Waals surface area contributed by atoms with E-state index in [1.165, 1.54) is 6.07 Å². The Balaban J connectivity index is 1.65. The number of fused-ring (bicyclic) bond motifs is 1. The fraction of sp³-hybridized carbons (Fsp3) is 0.150. The van der Waals surface area contributed by atoms with Crippen LogP contribution in [0.3, 0.4) is 0 Å². The molecule has 1 unspecified atom stereocenters. The third kappa shape index (κ3) is 3.03. The molecule has 0 aliphatic heterocycles. The molecule has 2 heterocycles. The lowest BCUT2D eigenvalue weighted by Crippen LogP contribution is -2.27. The highest BCUT2D eigenvalue weighted by Crippen LogP contribution is 2.25. The first-order valence-electron chi connectivity index (χ1n) is 8.66. The van der Waals surface area contributed by atoms with Gasteiger partial charge in [0.2, 0.25) is 0 Å². The molecule has 0 saturated heterocycles. The standard InChI is InChI=1S/C20H19N5O2/c1-12(22-20(27)17-10-19(26)24-23-17)16-11-21-25(13(16)2)18-9-5-7-14-6-3-4-8-15(14)18/h3-12H,1-2H3,(H,22,27)(H2,23,24,26). The van der Waals surface area contributed by atoms with Gasteiger partial charge in [0.25, 0.3) is 11.5 Å². The molecule has 136 valence electrons. The highest BCUT2D eigenvalue weighted by atomic mass is 16.2. The second-order valence-corrected chi connectivity index (χ2v) is 6.46. The van der Waals surface area contributed by atoms with Gasteiger partial charge in [-0.2, -0.15) is 5.10 Å². The number of amides is 1. The van der Waals surface area contributed by atoms with Crippen LogP contribution in [0.1, 0.15) is 34.7 Å². The zero-order valence-corrected chi connectivity index (χ0v) is 15.0. The van der Waals surface area contributed by atoms with E-state index in [0.29, 0.717) is 0 Å². The van der Waals surface area contributed by atoms with E-state index in [1.807, 2.05) is 42.8 Å². The number of hydrogen-bond acceptors (Lipinski definition) is 3. The summed E-state index contributed by atoms with van der Waals surface area (Å²) in [6.07, 6.45) is 1.77. The Morgan fingerprint density at radius 1 is 1.15 bits per heavy atom.